The Kier molecular flexibility index (Phi) is 4.01. The molecule has 112 valence electrons. The molecule has 0 aliphatic rings. The molecule has 0 spiro atoms. The maximum Gasteiger partial charge on any atom is 0.399 e. The molecular formula is C12H9BrF2NO4P. The number of Topliss-reactive ketones (excluding diaryl/α,β-unsaturated/α-hetero) is 1. The number of hydrogen-bond donors (Lipinski definition) is 2. The monoisotopic (exact) mass is 379 g/mol. The number of benzene rings is 1. The fourth-order valence-electron chi connectivity index (χ4n) is 1.73. The van der Waals surface area contributed by atoms with Gasteiger partial charge in [0.2, 0.25) is 0 Å². The van der Waals surface area contributed by atoms with E-state index in [1.807, 2.05) is 0 Å². The van der Waals surface area contributed by atoms with E-state index in [9.17, 15) is 18.1 Å². The zero-order valence-corrected chi connectivity index (χ0v) is 13.0. The first kappa shape index (κ1) is 16.2. The normalized spacial score (nSPS) is 12.7. The van der Waals surface area contributed by atoms with Crippen molar-refractivity contribution < 1.29 is 27.9 Å². The zero-order chi connectivity index (χ0) is 16.0. The number of nitrogens with zero attached hydrogens (tertiary/aromatic N) is 1. The third-order valence-electron chi connectivity index (χ3n) is 2.83. The largest absolute Gasteiger partial charge is 0.399 e. The number of aromatic nitrogens is 1. The van der Waals surface area contributed by atoms with Crippen LogP contribution >= 0.6 is 23.5 Å². The SMILES string of the molecule is CC(=O)c1ccc2cc(Br)c(C(F)(F)P(=O)(O)O)cc2n1. The minimum atomic E-state index is -5.68. The Morgan fingerprint density at radius 1 is 1.33 bits per heavy atom. The molecule has 1 heterocycles. The topological polar surface area (TPSA) is 87.5 Å². The van der Waals surface area contributed by atoms with Gasteiger partial charge >= 0.3 is 13.3 Å². The van der Waals surface area contributed by atoms with Gasteiger partial charge in [-0.2, -0.15) is 8.78 Å². The predicted molar refractivity (Wildman–Crippen MR) is 75.4 cm³/mol. The second-order valence-electron chi connectivity index (χ2n) is 4.36. The van der Waals surface area contributed by atoms with Gasteiger partial charge in [0, 0.05) is 22.3 Å². The minimum absolute atomic E-state index is 0.0500. The fraction of sp³-hybridized carbons (Fsp3) is 0.167. The van der Waals surface area contributed by atoms with Crippen LogP contribution in [-0.2, 0) is 10.2 Å². The quantitative estimate of drug-likeness (QED) is 0.630. The van der Waals surface area contributed by atoms with Crippen molar-refractivity contribution in [2.75, 3.05) is 0 Å². The minimum Gasteiger partial charge on any atom is -0.320 e. The molecule has 0 aliphatic carbocycles. The summed E-state index contributed by atoms with van der Waals surface area (Å²) in [5.41, 5.74) is -5.10. The Morgan fingerprint density at radius 3 is 2.48 bits per heavy atom. The molecule has 1 aromatic carbocycles. The van der Waals surface area contributed by atoms with Crippen molar-refractivity contribution in [3.8, 4) is 0 Å². The van der Waals surface area contributed by atoms with E-state index >= 15 is 0 Å². The number of ketones is 1. The predicted octanol–water partition coefficient (Wildman–Crippen LogP) is 3.43. The summed E-state index contributed by atoms with van der Waals surface area (Å²) in [4.78, 5) is 32.8. The van der Waals surface area contributed by atoms with E-state index in [0.717, 1.165) is 6.07 Å². The number of carbonyl (C=O) groups excluding carboxylic acids is 1. The summed E-state index contributed by atoms with van der Waals surface area (Å²) < 4.78 is 38.5. The van der Waals surface area contributed by atoms with Crippen LogP contribution in [-0.4, -0.2) is 20.6 Å². The van der Waals surface area contributed by atoms with Crippen LogP contribution in [0.15, 0.2) is 28.7 Å². The zero-order valence-electron chi connectivity index (χ0n) is 10.5. The Morgan fingerprint density at radius 2 is 1.95 bits per heavy atom. The lowest BCUT2D eigenvalue weighted by atomic mass is 10.1. The summed E-state index contributed by atoms with van der Waals surface area (Å²) in [5.74, 6) is -0.344. The Bertz CT molecular complexity index is 790. The number of hydrogen-bond acceptors (Lipinski definition) is 3. The van der Waals surface area contributed by atoms with Gasteiger partial charge in [0.05, 0.1) is 5.52 Å². The summed E-state index contributed by atoms with van der Waals surface area (Å²) in [7, 11) is -5.68. The molecule has 9 heteroatoms. The van der Waals surface area contributed by atoms with E-state index in [1.165, 1.54) is 25.1 Å². The van der Waals surface area contributed by atoms with Crippen LogP contribution in [0.4, 0.5) is 8.78 Å². The molecule has 2 N–H and O–H groups in total. The van der Waals surface area contributed by atoms with E-state index in [0.29, 0.717) is 5.39 Å². The van der Waals surface area contributed by atoms with Crippen molar-refractivity contribution in [1.82, 2.24) is 4.98 Å². The lowest BCUT2D eigenvalue weighted by Crippen LogP contribution is -2.14. The highest BCUT2D eigenvalue weighted by Gasteiger charge is 2.51. The van der Waals surface area contributed by atoms with E-state index in [1.54, 1.807) is 0 Å². The van der Waals surface area contributed by atoms with E-state index < -0.39 is 18.8 Å². The second-order valence-corrected chi connectivity index (χ2v) is 6.87. The average Bonchev–Trinajstić information content (AvgIpc) is 2.35. The van der Waals surface area contributed by atoms with Crippen LogP contribution in [0.5, 0.6) is 0 Å². The second kappa shape index (κ2) is 5.21. The molecular weight excluding hydrogens is 371 g/mol. The molecule has 1 aromatic heterocycles. The molecule has 0 fully saturated rings. The van der Waals surface area contributed by atoms with Crippen LogP contribution in [0.2, 0.25) is 0 Å². The summed E-state index contributed by atoms with van der Waals surface area (Å²) >= 11 is 2.88. The standard InChI is InChI=1S/C12H9BrF2NO4P/c1-6(17)10-3-2-7-4-9(13)8(5-11(7)16-10)12(14,15)21(18,19)20/h2-5H,1H3,(H2,18,19,20). The first-order chi connectivity index (χ1) is 9.54. The first-order valence-electron chi connectivity index (χ1n) is 5.59. The Labute approximate surface area is 126 Å². The summed E-state index contributed by atoms with van der Waals surface area (Å²) in [6.45, 7) is 1.28. The molecule has 0 unspecified atom stereocenters. The number of pyridine rings is 1. The van der Waals surface area contributed by atoms with Crippen LogP contribution in [0, 0.1) is 0 Å². The first-order valence-corrected chi connectivity index (χ1v) is 8.00. The third kappa shape index (κ3) is 2.89. The van der Waals surface area contributed by atoms with Gasteiger partial charge in [-0.3, -0.25) is 9.36 Å². The van der Waals surface area contributed by atoms with Crippen molar-refractivity contribution in [3.05, 3.63) is 40.0 Å². The van der Waals surface area contributed by atoms with E-state index in [-0.39, 0.29) is 21.5 Å². The van der Waals surface area contributed by atoms with Crippen molar-refractivity contribution in [1.29, 1.82) is 0 Å². The van der Waals surface area contributed by atoms with E-state index in [4.69, 9.17) is 9.79 Å². The van der Waals surface area contributed by atoms with Crippen LogP contribution in [0.3, 0.4) is 0 Å². The van der Waals surface area contributed by atoms with Gasteiger partial charge in [0.15, 0.2) is 5.78 Å². The Hall–Kier alpha value is -1.21. The molecule has 0 saturated heterocycles. The lowest BCUT2D eigenvalue weighted by molar-refractivity contribution is 0.0558. The molecule has 0 radical (unpaired) electrons. The van der Waals surface area contributed by atoms with Gasteiger partial charge in [0.25, 0.3) is 0 Å². The molecule has 0 atom stereocenters. The highest BCUT2D eigenvalue weighted by molar-refractivity contribution is 9.10. The number of fused-ring (bicyclic) bond motifs is 1. The van der Waals surface area contributed by atoms with Crippen molar-refractivity contribution in [2.45, 2.75) is 12.6 Å². The molecule has 0 amide bonds. The molecule has 0 bridgehead atoms. The van der Waals surface area contributed by atoms with Gasteiger partial charge in [-0.15, -0.1) is 0 Å². The number of carbonyl (C=O) groups is 1. The maximum absolute atomic E-state index is 13.8. The molecule has 5 nitrogen and oxygen atoms in total. The molecule has 2 aromatic rings. The highest BCUT2D eigenvalue weighted by Crippen LogP contribution is 2.60. The van der Waals surface area contributed by atoms with Crippen molar-refractivity contribution in [3.63, 3.8) is 0 Å². The molecule has 0 aliphatic heterocycles. The van der Waals surface area contributed by atoms with Gasteiger partial charge in [0.1, 0.15) is 5.69 Å². The third-order valence-corrected chi connectivity index (χ3v) is 4.46. The molecule has 2 rings (SSSR count). The van der Waals surface area contributed by atoms with Crippen molar-refractivity contribution >= 4 is 40.2 Å². The van der Waals surface area contributed by atoms with Gasteiger partial charge in [-0.25, -0.2) is 4.98 Å². The molecule has 0 saturated carbocycles. The van der Waals surface area contributed by atoms with E-state index in [2.05, 4.69) is 20.9 Å². The lowest BCUT2D eigenvalue weighted by Gasteiger charge is -2.19. The molecule has 21 heavy (non-hydrogen) atoms. The summed E-state index contributed by atoms with van der Waals surface area (Å²) in [5, 5.41) is 0.456. The Balaban J connectivity index is 2.74. The van der Waals surface area contributed by atoms with Crippen molar-refractivity contribution in [2.24, 2.45) is 0 Å². The highest BCUT2D eigenvalue weighted by atomic mass is 79.9. The fourth-order valence-corrected chi connectivity index (χ4v) is 2.99. The number of halogens is 3. The van der Waals surface area contributed by atoms with Gasteiger partial charge in [-0.1, -0.05) is 22.0 Å². The summed E-state index contributed by atoms with van der Waals surface area (Å²) in [6, 6.07) is 5.09. The average molecular weight is 380 g/mol. The van der Waals surface area contributed by atoms with Gasteiger partial charge < -0.3 is 9.79 Å². The summed E-state index contributed by atoms with van der Waals surface area (Å²) in [6.07, 6.45) is 0. The van der Waals surface area contributed by atoms with Crippen LogP contribution in [0.1, 0.15) is 23.0 Å². The van der Waals surface area contributed by atoms with Gasteiger partial charge in [-0.05, 0) is 18.2 Å². The van der Waals surface area contributed by atoms with Crippen LogP contribution < -0.4 is 0 Å². The number of alkyl halides is 2. The maximum atomic E-state index is 13.8. The number of rotatable bonds is 3. The smallest absolute Gasteiger partial charge is 0.320 e. The van der Waals surface area contributed by atoms with Crippen LogP contribution in [0.25, 0.3) is 10.9 Å².